The average molecular weight is 276 g/mol. The summed E-state index contributed by atoms with van der Waals surface area (Å²) in [5.74, 6) is 0.459. The van der Waals surface area contributed by atoms with Gasteiger partial charge in [-0.1, -0.05) is 32.0 Å². The second kappa shape index (κ2) is 6.02. The number of carboxylic acid groups (broad SMARTS) is 1. The zero-order valence-corrected chi connectivity index (χ0v) is 11.8. The van der Waals surface area contributed by atoms with Gasteiger partial charge < -0.3 is 5.11 Å². The molecule has 0 aliphatic carbocycles. The van der Waals surface area contributed by atoms with E-state index >= 15 is 0 Å². The molecule has 0 aliphatic heterocycles. The number of aromatic carboxylic acids is 1. The van der Waals surface area contributed by atoms with Crippen molar-refractivity contribution in [3.8, 4) is 0 Å². The highest BCUT2D eigenvalue weighted by molar-refractivity contribution is 7.99. The van der Waals surface area contributed by atoms with Gasteiger partial charge >= 0.3 is 5.97 Å². The van der Waals surface area contributed by atoms with Crippen LogP contribution in [0, 0.1) is 5.92 Å². The molecule has 0 atom stereocenters. The Labute approximate surface area is 116 Å². The van der Waals surface area contributed by atoms with E-state index in [1.165, 1.54) is 0 Å². The lowest BCUT2D eigenvalue weighted by Crippen LogP contribution is -2.05. The van der Waals surface area contributed by atoms with E-state index in [1.54, 1.807) is 11.8 Å². The molecule has 0 saturated heterocycles. The second-order valence-electron chi connectivity index (χ2n) is 4.73. The van der Waals surface area contributed by atoms with Crippen LogP contribution in [-0.2, 0) is 0 Å². The van der Waals surface area contributed by atoms with Crippen molar-refractivity contribution in [2.75, 3.05) is 5.75 Å². The fraction of sp³-hybridized carbons (Fsp3) is 0.357. The highest BCUT2D eigenvalue weighted by atomic mass is 32.2. The summed E-state index contributed by atoms with van der Waals surface area (Å²) < 4.78 is 0. The van der Waals surface area contributed by atoms with Gasteiger partial charge in [-0.25, -0.2) is 4.79 Å². The number of carbonyl (C=O) groups is 1. The topological polar surface area (TPSA) is 63.1 Å². The SMILES string of the molecule is CC(C)CCSc1c(C(=O)O)nnc2ccccc12. The summed E-state index contributed by atoms with van der Waals surface area (Å²) in [6.45, 7) is 4.31. The second-order valence-corrected chi connectivity index (χ2v) is 5.84. The van der Waals surface area contributed by atoms with Crippen LogP contribution in [0.25, 0.3) is 10.9 Å². The smallest absolute Gasteiger partial charge is 0.357 e. The van der Waals surface area contributed by atoms with Crippen molar-refractivity contribution >= 4 is 28.6 Å². The molecular weight excluding hydrogens is 260 g/mol. The molecule has 0 amide bonds. The molecule has 0 radical (unpaired) electrons. The first-order valence-electron chi connectivity index (χ1n) is 6.21. The maximum Gasteiger partial charge on any atom is 0.357 e. The van der Waals surface area contributed by atoms with Crippen LogP contribution in [0.15, 0.2) is 29.2 Å². The number of carboxylic acids is 1. The van der Waals surface area contributed by atoms with Gasteiger partial charge in [0.15, 0.2) is 5.69 Å². The van der Waals surface area contributed by atoms with E-state index in [9.17, 15) is 9.90 Å². The highest BCUT2D eigenvalue weighted by Crippen LogP contribution is 2.30. The molecule has 0 bridgehead atoms. The maximum atomic E-state index is 11.2. The fourth-order valence-corrected chi connectivity index (χ4v) is 3.10. The molecule has 1 aromatic heterocycles. The van der Waals surface area contributed by atoms with E-state index in [4.69, 9.17) is 0 Å². The number of rotatable bonds is 5. The van der Waals surface area contributed by atoms with Crippen molar-refractivity contribution in [1.29, 1.82) is 0 Å². The molecule has 1 N–H and O–H groups in total. The summed E-state index contributed by atoms with van der Waals surface area (Å²) in [6.07, 6.45) is 1.04. The third kappa shape index (κ3) is 3.23. The summed E-state index contributed by atoms with van der Waals surface area (Å²) >= 11 is 1.55. The lowest BCUT2D eigenvalue weighted by Gasteiger charge is -2.09. The first-order chi connectivity index (χ1) is 9.09. The molecule has 19 heavy (non-hydrogen) atoms. The third-order valence-corrected chi connectivity index (χ3v) is 3.91. The average Bonchev–Trinajstić information content (AvgIpc) is 2.38. The van der Waals surface area contributed by atoms with Crippen LogP contribution in [0.4, 0.5) is 0 Å². The molecule has 2 rings (SSSR count). The van der Waals surface area contributed by atoms with Crippen molar-refractivity contribution in [3.63, 3.8) is 0 Å². The van der Waals surface area contributed by atoms with Gasteiger partial charge in [-0.3, -0.25) is 0 Å². The molecule has 0 fully saturated rings. The normalized spacial score (nSPS) is 11.1. The van der Waals surface area contributed by atoms with E-state index in [1.807, 2.05) is 24.3 Å². The quantitative estimate of drug-likeness (QED) is 0.847. The van der Waals surface area contributed by atoms with Gasteiger partial charge in [0.2, 0.25) is 0 Å². The molecule has 0 aliphatic rings. The van der Waals surface area contributed by atoms with E-state index in [0.29, 0.717) is 5.92 Å². The Hall–Kier alpha value is -1.62. The van der Waals surface area contributed by atoms with E-state index in [2.05, 4.69) is 24.0 Å². The lowest BCUT2D eigenvalue weighted by molar-refractivity contribution is 0.0685. The van der Waals surface area contributed by atoms with Crippen LogP contribution in [0.3, 0.4) is 0 Å². The number of nitrogens with zero attached hydrogens (tertiary/aromatic N) is 2. The van der Waals surface area contributed by atoms with Crippen molar-refractivity contribution in [2.45, 2.75) is 25.2 Å². The number of hydrogen-bond donors (Lipinski definition) is 1. The maximum absolute atomic E-state index is 11.2. The Morgan fingerprint density at radius 1 is 1.32 bits per heavy atom. The van der Waals surface area contributed by atoms with Crippen LogP contribution < -0.4 is 0 Å². The van der Waals surface area contributed by atoms with Crippen molar-refractivity contribution in [2.24, 2.45) is 5.92 Å². The van der Waals surface area contributed by atoms with Gasteiger partial charge in [0.05, 0.1) is 10.4 Å². The van der Waals surface area contributed by atoms with Crippen LogP contribution in [0.2, 0.25) is 0 Å². The Morgan fingerprint density at radius 3 is 2.74 bits per heavy atom. The monoisotopic (exact) mass is 276 g/mol. The minimum Gasteiger partial charge on any atom is -0.476 e. The van der Waals surface area contributed by atoms with E-state index in [0.717, 1.165) is 28.0 Å². The van der Waals surface area contributed by atoms with Gasteiger partial charge in [-0.2, -0.15) is 0 Å². The zero-order chi connectivity index (χ0) is 13.8. The molecule has 4 nitrogen and oxygen atoms in total. The van der Waals surface area contributed by atoms with Crippen molar-refractivity contribution in [1.82, 2.24) is 10.2 Å². The highest BCUT2D eigenvalue weighted by Gasteiger charge is 2.16. The van der Waals surface area contributed by atoms with Gasteiger partial charge in [-0.05, 0) is 24.2 Å². The molecule has 1 heterocycles. The number of thioether (sulfide) groups is 1. The minimum absolute atomic E-state index is 0.0486. The van der Waals surface area contributed by atoms with E-state index < -0.39 is 5.97 Å². The van der Waals surface area contributed by atoms with Crippen LogP contribution in [0.1, 0.15) is 30.8 Å². The van der Waals surface area contributed by atoms with Crippen LogP contribution in [0.5, 0.6) is 0 Å². The van der Waals surface area contributed by atoms with Crippen molar-refractivity contribution in [3.05, 3.63) is 30.0 Å². The van der Waals surface area contributed by atoms with E-state index in [-0.39, 0.29) is 5.69 Å². The minimum atomic E-state index is -1.02. The molecule has 0 spiro atoms. The summed E-state index contributed by atoms with van der Waals surface area (Å²) in [5, 5.41) is 17.9. The van der Waals surface area contributed by atoms with Gasteiger partial charge in [-0.15, -0.1) is 22.0 Å². The predicted molar refractivity (Wildman–Crippen MR) is 76.7 cm³/mol. The zero-order valence-electron chi connectivity index (χ0n) is 11.0. The fourth-order valence-electron chi connectivity index (χ4n) is 1.71. The number of aromatic nitrogens is 2. The molecule has 0 saturated carbocycles. The van der Waals surface area contributed by atoms with Crippen LogP contribution in [-0.4, -0.2) is 27.0 Å². The Bertz CT molecular complexity index is 599. The third-order valence-electron chi connectivity index (χ3n) is 2.77. The van der Waals surface area contributed by atoms with Crippen molar-refractivity contribution < 1.29 is 9.90 Å². The first-order valence-corrected chi connectivity index (χ1v) is 7.19. The lowest BCUT2D eigenvalue weighted by atomic mass is 10.2. The molecule has 1 aromatic carbocycles. The molecule has 2 aromatic rings. The Balaban J connectivity index is 2.41. The molecular formula is C14H16N2O2S. The number of benzene rings is 1. The molecule has 5 heteroatoms. The summed E-state index contributed by atoms with van der Waals surface area (Å²) in [7, 11) is 0. The first kappa shape index (κ1) is 13.8. The number of hydrogen-bond acceptors (Lipinski definition) is 4. The van der Waals surface area contributed by atoms with Crippen LogP contribution >= 0.6 is 11.8 Å². The Morgan fingerprint density at radius 2 is 2.05 bits per heavy atom. The van der Waals surface area contributed by atoms with Gasteiger partial charge in [0.25, 0.3) is 0 Å². The summed E-state index contributed by atoms with van der Waals surface area (Å²) in [4.78, 5) is 12.0. The molecule has 100 valence electrons. The summed E-state index contributed by atoms with van der Waals surface area (Å²) in [5.41, 5.74) is 0.784. The van der Waals surface area contributed by atoms with Gasteiger partial charge in [0, 0.05) is 5.39 Å². The Kier molecular flexibility index (Phi) is 4.37. The summed E-state index contributed by atoms with van der Waals surface area (Å²) in [6, 6.07) is 7.51. The van der Waals surface area contributed by atoms with Gasteiger partial charge in [0.1, 0.15) is 0 Å². The predicted octanol–water partition coefficient (Wildman–Crippen LogP) is 3.47. The number of fused-ring (bicyclic) bond motifs is 1. The standard InChI is InChI=1S/C14H16N2O2S/c1-9(2)7-8-19-13-10-5-3-4-6-11(10)15-16-12(13)14(17)18/h3-6,9H,7-8H2,1-2H3,(H,17,18). The molecule has 0 unspecified atom stereocenters. The largest absolute Gasteiger partial charge is 0.476 e.